The fraction of sp³-hybridized carbons (Fsp3) is 0.912. The number of allylic oxidation sites excluding steroid dienone is 1. The van der Waals surface area contributed by atoms with E-state index in [9.17, 15) is 4.79 Å². The number of fused-ring (bicyclic) bond motifs is 4. The topological polar surface area (TPSA) is 38.8 Å². The predicted octanol–water partition coefficient (Wildman–Crippen LogP) is 9.14. The van der Waals surface area contributed by atoms with Crippen molar-refractivity contribution in [1.82, 2.24) is 4.90 Å². The van der Waals surface area contributed by atoms with Crippen molar-refractivity contribution in [3.8, 4) is 0 Å². The van der Waals surface area contributed by atoms with Crippen LogP contribution in [0.2, 0.25) is 0 Å². The fourth-order valence-electron chi connectivity index (χ4n) is 8.90. The Morgan fingerprint density at radius 2 is 1.82 bits per heavy atom. The number of hydrogen-bond donors (Lipinski definition) is 0. The maximum Gasteiger partial charge on any atom is 0.508 e. The van der Waals surface area contributed by atoms with Crippen LogP contribution in [0.15, 0.2) is 12.2 Å². The van der Waals surface area contributed by atoms with Crippen LogP contribution in [0.25, 0.3) is 0 Å². The van der Waals surface area contributed by atoms with Gasteiger partial charge in [-0.05, 0) is 106 Å². The summed E-state index contributed by atoms with van der Waals surface area (Å²) in [7, 11) is 4.08. The Kier molecular flexibility index (Phi) is 11.6. The first kappa shape index (κ1) is 31.5. The largest absolute Gasteiger partial charge is 0.508 e. The lowest BCUT2D eigenvalue weighted by molar-refractivity contribution is -0.0249. The molecule has 0 aromatic carbocycles. The highest BCUT2D eigenvalue weighted by atomic mass is 16.7. The first-order valence-corrected chi connectivity index (χ1v) is 16.2. The smallest absolute Gasteiger partial charge is 0.434 e. The quantitative estimate of drug-likeness (QED) is 0.175. The summed E-state index contributed by atoms with van der Waals surface area (Å²) in [5.74, 6) is 4.31. The summed E-state index contributed by atoms with van der Waals surface area (Å²) in [6.45, 7) is 15.6. The molecule has 3 rings (SSSR count). The van der Waals surface area contributed by atoms with Crippen molar-refractivity contribution >= 4 is 6.16 Å². The maximum atomic E-state index is 12.5. The van der Waals surface area contributed by atoms with Crippen LogP contribution in [0.3, 0.4) is 0 Å². The summed E-state index contributed by atoms with van der Waals surface area (Å²) in [5, 5.41) is 0. The molecule has 0 aromatic heterocycles. The third kappa shape index (κ3) is 7.79. The first-order valence-electron chi connectivity index (χ1n) is 16.2. The molecular formula is C34H61NO3. The van der Waals surface area contributed by atoms with Gasteiger partial charge >= 0.3 is 6.16 Å². The lowest BCUT2D eigenvalue weighted by Crippen LogP contribution is -2.45. The molecule has 2 saturated carbocycles. The summed E-state index contributed by atoms with van der Waals surface area (Å²) < 4.78 is 11.3. The minimum Gasteiger partial charge on any atom is -0.434 e. The van der Waals surface area contributed by atoms with Gasteiger partial charge in [0.15, 0.2) is 0 Å². The van der Waals surface area contributed by atoms with Crippen LogP contribution in [-0.2, 0) is 9.47 Å². The molecule has 2 bridgehead atoms. The Labute approximate surface area is 235 Å². The van der Waals surface area contributed by atoms with Crippen LogP contribution < -0.4 is 0 Å². The van der Waals surface area contributed by atoms with Crippen LogP contribution >= 0.6 is 0 Å². The predicted molar refractivity (Wildman–Crippen MR) is 159 cm³/mol. The van der Waals surface area contributed by atoms with Crippen molar-refractivity contribution in [2.45, 2.75) is 125 Å². The van der Waals surface area contributed by atoms with Gasteiger partial charge in [0, 0.05) is 12.5 Å². The first-order chi connectivity index (χ1) is 18.0. The molecule has 0 heterocycles. The number of ether oxygens (including phenoxy) is 2. The van der Waals surface area contributed by atoms with E-state index < -0.39 is 6.16 Å². The molecule has 0 aromatic rings. The van der Waals surface area contributed by atoms with Gasteiger partial charge in [0.05, 0.1) is 0 Å². The molecule has 4 heteroatoms. The highest BCUT2D eigenvalue weighted by molar-refractivity contribution is 5.60. The van der Waals surface area contributed by atoms with Crippen LogP contribution in [0, 0.1) is 46.3 Å². The molecule has 0 spiro atoms. The van der Waals surface area contributed by atoms with E-state index in [2.05, 4.69) is 51.7 Å². The zero-order valence-electron chi connectivity index (χ0n) is 26.3. The van der Waals surface area contributed by atoms with Crippen LogP contribution in [0.4, 0.5) is 4.79 Å². The van der Waals surface area contributed by atoms with Crippen LogP contribution in [-0.4, -0.2) is 44.4 Å². The van der Waals surface area contributed by atoms with E-state index in [0.717, 1.165) is 36.6 Å². The minimum atomic E-state index is -0.498. The van der Waals surface area contributed by atoms with E-state index >= 15 is 0 Å². The van der Waals surface area contributed by atoms with E-state index in [1.807, 2.05) is 21.0 Å². The Morgan fingerprint density at radius 3 is 2.50 bits per heavy atom. The average Bonchev–Trinajstić information content (AvgIpc) is 3.17. The third-order valence-electron chi connectivity index (χ3n) is 10.9. The van der Waals surface area contributed by atoms with Gasteiger partial charge in [-0.25, -0.2) is 4.79 Å². The number of carbonyl (C=O) groups excluding carboxylic acids is 1. The molecule has 220 valence electrons. The van der Waals surface area contributed by atoms with Crippen molar-refractivity contribution in [1.29, 1.82) is 0 Å². The highest BCUT2D eigenvalue weighted by Gasteiger charge is 2.54. The van der Waals surface area contributed by atoms with E-state index in [0.29, 0.717) is 23.9 Å². The van der Waals surface area contributed by atoms with E-state index in [1.165, 1.54) is 70.6 Å². The molecule has 3 aliphatic rings. The maximum absolute atomic E-state index is 12.5. The molecule has 0 aliphatic heterocycles. The van der Waals surface area contributed by atoms with Gasteiger partial charge in [0.2, 0.25) is 0 Å². The van der Waals surface area contributed by atoms with Crippen molar-refractivity contribution < 1.29 is 14.3 Å². The number of nitrogens with zero attached hydrogens (tertiary/aromatic N) is 1. The second-order valence-corrected chi connectivity index (χ2v) is 14.5. The van der Waals surface area contributed by atoms with Gasteiger partial charge in [-0.2, -0.15) is 0 Å². The molecule has 4 nitrogen and oxygen atoms in total. The molecule has 0 radical (unpaired) electrons. The number of rotatable bonds is 13. The average molecular weight is 532 g/mol. The second kappa shape index (κ2) is 14.0. The van der Waals surface area contributed by atoms with Gasteiger partial charge < -0.3 is 14.4 Å². The third-order valence-corrected chi connectivity index (χ3v) is 10.9. The van der Waals surface area contributed by atoms with Crippen molar-refractivity contribution in [3.05, 3.63) is 12.2 Å². The van der Waals surface area contributed by atoms with Gasteiger partial charge in [0.1, 0.15) is 12.7 Å². The van der Waals surface area contributed by atoms with Gasteiger partial charge in [-0.3, -0.25) is 0 Å². The molecule has 8 atom stereocenters. The second-order valence-electron chi connectivity index (χ2n) is 14.5. The monoisotopic (exact) mass is 531 g/mol. The lowest BCUT2D eigenvalue weighted by Gasteiger charge is -2.52. The molecule has 38 heavy (non-hydrogen) atoms. The minimum absolute atomic E-state index is 0.122. The zero-order valence-corrected chi connectivity index (χ0v) is 26.3. The Balaban J connectivity index is 1.67. The molecule has 5 unspecified atom stereocenters. The van der Waals surface area contributed by atoms with Crippen LogP contribution in [0.5, 0.6) is 0 Å². The molecular weight excluding hydrogens is 470 g/mol. The van der Waals surface area contributed by atoms with Gasteiger partial charge in [-0.15, -0.1) is 0 Å². The van der Waals surface area contributed by atoms with E-state index in [4.69, 9.17) is 9.47 Å². The Hall–Kier alpha value is -1.03. The highest BCUT2D eigenvalue weighted by Crippen LogP contribution is 2.62. The number of carbonyl (C=O) groups is 1. The van der Waals surface area contributed by atoms with Gasteiger partial charge in [-0.1, -0.05) is 78.9 Å². The van der Waals surface area contributed by atoms with Crippen LogP contribution in [0.1, 0.15) is 119 Å². The lowest BCUT2D eigenvalue weighted by atomic mass is 9.53. The Morgan fingerprint density at radius 1 is 1.05 bits per heavy atom. The SMILES string of the molecule is CCC[C@]12CCC[C@]3(C)C(CCC3[C@H](C)CCCC(C)C)C(C=CC1COC(=O)OC(C)CCN(C)C)C2. The summed E-state index contributed by atoms with van der Waals surface area (Å²) in [5.41, 5.74) is 0.730. The summed E-state index contributed by atoms with van der Waals surface area (Å²) in [4.78, 5) is 14.6. The standard InChI is InChI=1S/C34H61NO3/c1-9-19-34-21-11-20-33(6)30(26(4)13-10-12-25(2)3)16-17-31(33)28(23-34)14-15-29(34)24-37-32(36)38-27(5)18-22-35(7)8/h14-15,25-31H,9-13,16-24H2,1-8H3/t26-,27?,28?,29?,30?,31?,33+,34-/m1/s1. The van der Waals surface area contributed by atoms with E-state index in [1.54, 1.807) is 0 Å². The molecule has 2 fully saturated rings. The Bertz CT molecular complexity index is 763. The summed E-state index contributed by atoms with van der Waals surface area (Å²) >= 11 is 0. The normalized spacial score (nSPS) is 34.5. The molecule has 0 N–H and O–H groups in total. The molecule has 0 amide bonds. The fourth-order valence-corrected chi connectivity index (χ4v) is 8.90. The zero-order chi connectivity index (χ0) is 27.9. The number of hydrogen-bond acceptors (Lipinski definition) is 4. The van der Waals surface area contributed by atoms with E-state index in [-0.39, 0.29) is 11.5 Å². The van der Waals surface area contributed by atoms with Crippen molar-refractivity contribution in [2.24, 2.45) is 46.3 Å². The van der Waals surface area contributed by atoms with Crippen molar-refractivity contribution in [3.63, 3.8) is 0 Å². The molecule has 3 aliphatic carbocycles. The van der Waals surface area contributed by atoms with Crippen molar-refractivity contribution in [2.75, 3.05) is 27.2 Å². The summed E-state index contributed by atoms with van der Waals surface area (Å²) in [6.07, 6.45) is 19.8. The van der Waals surface area contributed by atoms with Gasteiger partial charge in [0.25, 0.3) is 0 Å². The molecule has 0 saturated heterocycles. The summed E-state index contributed by atoms with van der Waals surface area (Å²) in [6, 6.07) is 0.